The molecule has 2 aromatic rings. The number of carbonyl (C=O) groups is 1. The molecule has 94 valence electrons. The van der Waals surface area contributed by atoms with Crippen molar-refractivity contribution in [3.8, 4) is 0 Å². The fraction of sp³-hybridized carbons (Fsp3) is 0.286. The highest BCUT2D eigenvalue weighted by atomic mass is 79.9. The minimum atomic E-state index is -0.147. The zero-order chi connectivity index (χ0) is 13.0. The van der Waals surface area contributed by atoms with Crippen LogP contribution in [0.1, 0.15) is 18.9 Å². The van der Waals surface area contributed by atoms with E-state index in [0.29, 0.717) is 19.4 Å². The Morgan fingerprint density at radius 3 is 3.00 bits per heavy atom. The molecule has 0 saturated carbocycles. The van der Waals surface area contributed by atoms with Gasteiger partial charge >= 0.3 is 5.97 Å². The topological polar surface area (TPSA) is 39.2 Å². The smallest absolute Gasteiger partial charge is 0.306 e. The molecule has 0 atom stereocenters. The van der Waals surface area contributed by atoms with E-state index in [2.05, 4.69) is 27.0 Å². The second-order valence-electron chi connectivity index (χ2n) is 3.98. The molecule has 2 rings (SSSR count). The summed E-state index contributed by atoms with van der Waals surface area (Å²) in [5.74, 6) is -0.147. The molecule has 0 saturated heterocycles. The fourth-order valence-electron chi connectivity index (χ4n) is 1.81. The van der Waals surface area contributed by atoms with E-state index in [1.807, 2.05) is 25.3 Å². The van der Waals surface area contributed by atoms with Crippen molar-refractivity contribution in [3.63, 3.8) is 0 Å². The minimum Gasteiger partial charge on any atom is -0.466 e. The second-order valence-corrected chi connectivity index (χ2v) is 4.84. The molecule has 0 aliphatic heterocycles. The van der Waals surface area contributed by atoms with Gasteiger partial charge in [0.15, 0.2) is 0 Å². The lowest BCUT2D eigenvalue weighted by atomic mass is 10.1. The number of esters is 1. The number of aromatic nitrogens is 1. The van der Waals surface area contributed by atoms with Gasteiger partial charge in [-0.15, -0.1) is 0 Å². The quantitative estimate of drug-likeness (QED) is 0.812. The van der Waals surface area contributed by atoms with Gasteiger partial charge in [-0.3, -0.25) is 9.78 Å². The Labute approximate surface area is 114 Å². The molecule has 0 aliphatic rings. The van der Waals surface area contributed by atoms with Gasteiger partial charge in [-0.1, -0.05) is 12.1 Å². The van der Waals surface area contributed by atoms with Gasteiger partial charge < -0.3 is 4.74 Å². The molecule has 4 heteroatoms. The van der Waals surface area contributed by atoms with E-state index in [-0.39, 0.29) is 5.97 Å². The van der Waals surface area contributed by atoms with Crippen LogP contribution in [0.25, 0.3) is 10.8 Å². The fourth-order valence-corrected chi connectivity index (χ4v) is 2.27. The zero-order valence-electron chi connectivity index (χ0n) is 10.1. The molecule has 0 bridgehead atoms. The third-order valence-electron chi connectivity index (χ3n) is 2.70. The molecular weight excluding hydrogens is 294 g/mol. The molecular formula is C14H14BrNO2. The van der Waals surface area contributed by atoms with Gasteiger partial charge in [-0.25, -0.2) is 0 Å². The number of halogens is 1. The van der Waals surface area contributed by atoms with E-state index in [4.69, 9.17) is 4.74 Å². The summed E-state index contributed by atoms with van der Waals surface area (Å²) in [6.45, 7) is 2.26. The third kappa shape index (κ3) is 3.07. The van der Waals surface area contributed by atoms with Crippen molar-refractivity contribution < 1.29 is 9.53 Å². The van der Waals surface area contributed by atoms with Gasteiger partial charge in [0.2, 0.25) is 0 Å². The average molecular weight is 308 g/mol. The Morgan fingerprint density at radius 1 is 1.39 bits per heavy atom. The second kappa shape index (κ2) is 5.96. The number of nitrogens with zero attached hydrogens (tertiary/aromatic N) is 1. The summed E-state index contributed by atoms with van der Waals surface area (Å²) >= 11 is 3.48. The maximum atomic E-state index is 11.3. The maximum Gasteiger partial charge on any atom is 0.306 e. The van der Waals surface area contributed by atoms with Crippen molar-refractivity contribution in [2.75, 3.05) is 6.61 Å². The van der Waals surface area contributed by atoms with E-state index in [1.165, 1.54) is 0 Å². The maximum absolute atomic E-state index is 11.3. The van der Waals surface area contributed by atoms with E-state index < -0.39 is 0 Å². The number of ether oxygens (including phenoxy) is 1. The van der Waals surface area contributed by atoms with E-state index in [0.717, 1.165) is 20.8 Å². The standard InChI is InChI=1S/C14H14BrNO2/c1-2-18-14(17)6-4-10-3-5-11-8-16-9-13(15)12(11)7-10/h3,5,7-9H,2,4,6H2,1H3. The predicted octanol–water partition coefficient (Wildman–Crippen LogP) is 3.49. The molecule has 1 heterocycles. The molecule has 1 aromatic heterocycles. The van der Waals surface area contributed by atoms with Crippen molar-refractivity contribution in [2.24, 2.45) is 0 Å². The number of pyridine rings is 1. The van der Waals surface area contributed by atoms with Gasteiger partial charge in [0.25, 0.3) is 0 Å². The van der Waals surface area contributed by atoms with Gasteiger partial charge in [0.05, 0.1) is 6.61 Å². The van der Waals surface area contributed by atoms with Crippen molar-refractivity contribution in [1.82, 2.24) is 4.98 Å². The molecule has 0 fully saturated rings. The van der Waals surface area contributed by atoms with Crippen LogP contribution in [0.2, 0.25) is 0 Å². The van der Waals surface area contributed by atoms with Crippen LogP contribution in [0.15, 0.2) is 35.1 Å². The van der Waals surface area contributed by atoms with Gasteiger partial charge in [-0.2, -0.15) is 0 Å². The van der Waals surface area contributed by atoms with Crippen LogP contribution in [0.4, 0.5) is 0 Å². The van der Waals surface area contributed by atoms with Crippen molar-refractivity contribution in [3.05, 3.63) is 40.6 Å². The Balaban J connectivity index is 2.15. The first-order valence-corrected chi connectivity index (χ1v) is 6.67. The van der Waals surface area contributed by atoms with Crippen LogP contribution in [-0.4, -0.2) is 17.6 Å². The monoisotopic (exact) mass is 307 g/mol. The van der Waals surface area contributed by atoms with E-state index in [1.54, 1.807) is 6.20 Å². The van der Waals surface area contributed by atoms with Crippen LogP contribution >= 0.6 is 15.9 Å². The molecule has 0 radical (unpaired) electrons. The van der Waals surface area contributed by atoms with Crippen LogP contribution in [0.5, 0.6) is 0 Å². The highest BCUT2D eigenvalue weighted by Crippen LogP contribution is 2.24. The van der Waals surface area contributed by atoms with E-state index >= 15 is 0 Å². The largest absolute Gasteiger partial charge is 0.466 e. The summed E-state index contributed by atoms with van der Waals surface area (Å²) in [5, 5.41) is 2.20. The van der Waals surface area contributed by atoms with Gasteiger partial charge in [0, 0.05) is 28.7 Å². The SMILES string of the molecule is CCOC(=O)CCc1ccc2cncc(Br)c2c1. The number of rotatable bonds is 4. The summed E-state index contributed by atoms with van der Waals surface area (Å²) in [7, 11) is 0. The Hall–Kier alpha value is -1.42. The summed E-state index contributed by atoms with van der Waals surface area (Å²) in [6.07, 6.45) is 4.72. The number of fused-ring (bicyclic) bond motifs is 1. The lowest BCUT2D eigenvalue weighted by Gasteiger charge is -2.05. The molecule has 0 spiro atoms. The highest BCUT2D eigenvalue weighted by molar-refractivity contribution is 9.10. The molecule has 0 amide bonds. The zero-order valence-corrected chi connectivity index (χ0v) is 11.7. The van der Waals surface area contributed by atoms with Crippen LogP contribution in [-0.2, 0) is 16.0 Å². The average Bonchev–Trinajstić information content (AvgIpc) is 2.37. The highest BCUT2D eigenvalue weighted by Gasteiger charge is 2.04. The van der Waals surface area contributed by atoms with Crippen LogP contribution in [0.3, 0.4) is 0 Å². The number of aryl methyl sites for hydroxylation is 1. The number of hydrogen-bond donors (Lipinski definition) is 0. The first kappa shape index (κ1) is 13.0. The molecule has 0 aliphatic carbocycles. The van der Waals surface area contributed by atoms with Crippen LogP contribution < -0.4 is 0 Å². The molecule has 0 N–H and O–H groups in total. The van der Waals surface area contributed by atoms with E-state index in [9.17, 15) is 4.79 Å². The molecule has 1 aromatic carbocycles. The minimum absolute atomic E-state index is 0.147. The molecule has 3 nitrogen and oxygen atoms in total. The Bertz CT molecular complexity index is 569. The normalized spacial score (nSPS) is 10.6. The lowest BCUT2D eigenvalue weighted by molar-refractivity contribution is -0.143. The van der Waals surface area contributed by atoms with Crippen LogP contribution in [0, 0.1) is 0 Å². The molecule has 18 heavy (non-hydrogen) atoms. The van der Waals surface area contributed by atoms with Gasteiger partial charge in [0.1, 0.15) is 0 Å². The summed E-state index contributed by atoms with van der Waals surface area (Å²) in [4.78, 5) is 15.4. The first-order valence-electron chi connectivity index (χ1n) is 5.88. The summed E-state index contributed by atoms with van der Waals surface area (Å²) < 4.78 is 5.89. The number of benzene rings is 1. The van der Waals surface area contributed by atoms with Crippen molar-refractivity contribution >= 4 is 32.7 Å². The Morgan fingerprint density at radius 2 is 2.22 bits per heavy atom. The Kier molecular flexibility index (Phi) is 4.31. The third-order valence-corrected chi connectivity index (χ3v) is 3.33. The van der Waals surface area contributed by atoms with Crippen molar-refractivity contribution in [2.45, 2.75) is 19.8 Å². The predicted molar refractivity (Wildman–Crippen MR) is 74.4 cm³/mol. The summed E-state index contributed by atoms with van der Waals surface area (Å²) in [6, 6.07) is 6.13. The number of carbonyl (C=O) groups excluding carboxylic acids is 1. The summed E-state index contributed by atoms with van der Waals surface area (Å²) in [5.41, 5.74) is 1.13. The van der Waals surface area contributed by atoms with Gasteiger partial charge in [-0.05, 0) is 46.3 Å². The molecule has 0 unspecified atom stereocenters. The first-order chi connectivity index (χ1) is 8.70. The van der Waals surface area contributed by atoms with Crippen molar-refractivity contribution in [1.29, 1.82) is 0 Å². The number of hydrogen-bond acceptors (Lipinski definition) is 3. The lowest BCUT2D eigenvalue weighted by Crippen LogP contribution is -2.05.